The smallest absolute Gasteiger partial charge is 0.257 e. The molecule has 1 saturated carbocycles. The summed E-state index contributed by atoms with van der Waals surface area (Å²) in [5, 5.41) is -0.00708. The van der Waals surface area contributed by atoms with Crippen LogP contribution in [0.15, 0.2) is 11.2 Å². The third-order valence-corrected chi connectivity index (χ3v) is 4.68. The summed E-state index contributed by atoms with van der Waals surface area (Å²) in [4.78, 5) is 6.73. The zero-order valence-corrected chi connectivity index (χ0v) is 11.2. The lowest BCUT2D eigenvalue weighted by Crippen LogP contribution is -2.31. The molecule has 0 radical (unpaired) electrons. The molecule has 1 aliphatic carbocycles. The van der Waals surface area contributed by atoms with Gasteiger partial charge in [0.05, 0.1) is 6.20 Å². The van der Waals surface area contributed by atoms with Gasteiger partial charge in [0.1, 0.15) is 5.82 Å². The molecular weight excluding hydrogens is 262 g/mol. The Morgan fingerprint density at radius 2 is 2.35 bits per heavy atom. The Bertz CT molecular complexity index is 481. The summed E-state index contributed by atoms with van der Waals surface area (Å²) in [6, 6.07) is 0. The Hall–Kier alpha value is -0.590. The molecule has 0 spiro atoms. The van der Waals surface area contributed by atoms with E-state index in [4.69, 9.17) is 11.6 Å². The predicted octanol–water partition coefficient (Wildman–Crippen LogP) is 1.27. The second-order valence-corrected chi connectivity index (χ2v) is 6.55. The van der Waals surface area contributed by atoms with Crippen molar-refractivity contribution in [3.63, 3.8) is 0 Å². The van der Waals surface area contributed by atoms with Crippen molar-refractivity contribution in [3.05, 3.63) is 12.0 Å². The number of imidazole rings is 1. The van der Waals surface area contributed by atoms with Crippen LogP contribution in [0, 0.1) is 5.92 Å². The van der Waals surface area contributed by atoms with E-state index in [9.17, 15) is 8.42 Å². The van der Waals surface area contributed by atoms with Crippen LogP contribution >= 0.6 is 11.6 Å². The number of aryl methyl sites for hydroxylation is 1. The summed E-state index contributed by atoms with van der Waals surface area (Å²) in [6.45, 7) is 2.18. The maximum atomic E-state index is 11.9. The van der Waals surface area contributed by atoms with Gasteiger partial charge in [0.2, 0.25) is 0 Å². The van der Waals surface area contributed by atoms with Crippen molar-refractivity contribution >= 4 is 21.6 Å². The first kappa shape index (κ1) is 12.9. The first-order chi connectivity index (χ1) is 8.03. The van der Waals surface area contributed by atoms with Crippen LogP contribution in [0.1, 0.15) is 25.6 Å². The standard InChI is InChI=1S/C10H16ClN3O2S/c1-2-9-12-6-10(14-9)17(15,16)13-5-8(11)7-3-4-7/h6-8,13H,2-5H2,1H3,(H,12,14). The van der Waals surface area contributed by atoms with E-state index >= 15 is 0 Å². The molecule has 1 atom stereocenters. The normalized spacial score (nSPS) is 18.2. The summed E-state index contributed by atoms with van der Waals surface area (Å²) in [7, 11) is -3.50. The summed E-state index contributed by atoms with van der Waals surface area (Å²) in [6.07, 6.45) is 4.21. The SMILES string of the molecule is CCc1ncc(S(=O)(=O)NCC(Cl)C2CC2)[nH]1. The average molecular weight is 278 g/mol. The number of hydrogen-bond acceptors (Lipinski definition) is 3. The van der Waals surface area contributed by atoms with Crippen LogP contribution in [0.4, 0.5) is 0 Å². The van der Waals surface area contributed by atoms with Crippen LogP contribution in [0.3, 0.4) is 0 Å². The first-order valence-corrected chi connectivity index (χ1v) is 7.62. The second kappa shape index (κ2) is 4.96. The Morgan fingerprint density at radius 1 is 1.65 bits per heavy atom. The fourth-order valence-electron chi connectivity index (χ4n) is 1.55. The molecule has 1 aliphatic rings. The highest BCUT2D eigenvalue weighted by molar-refractivity contribution is 7.89. The highest BCUT2D eigenvalue weighted by Gasteiger charge is 2.30. The molecule has 0 bridgehead atoms. The van der Waals surface area contributed by atoms with Crippen molar-refractivity contribution in [1.29, 1.82) is 0 Å². The maximum absolute atomic E-state index is 11.9. The van der Waals surface area contributed by atoms with E-state index in [1.807, 2.05) is 6.92 Å². The monoisotopic (exact) mass is 277 g/mol. The van der Waals surface area contributed by atoms with Gasteiger partial charge in [-0.2, -0.15) is 0 Å². The molecule has 1 unspecified atom stereocenters. The van der Waals surface area contributed by atoms with Crippen LogP contribution in [0.25, 0.3) is 0 Å². The minimum Gasteiger partial charge on any atom is -0.332 e. The lowest BCUT2D eigenvalue weighted by Gasteiger charge is -2.08. The Labute approximate surface area is 106 Å². The average Bonchev–Trinajstić information content (AvgIpc) is 3.03. The molecule has 0 aliphatic heterocycles. The topological polar surface area (TPSA) is 74.8 Å². The molecule has 1 heterocycles. The number of H-pyrrole nitrogens is 1. The first-order valence-electron chi connectivity index (χ1n) is 5.70. The summed E-state index contributed by atoms with van der Waals surface area (Å²) in [5.74, 6) is 1.13. The molecule has 2 N–H and O–H groups in total. The van der Waals surface area contributed by atoms with Gasteiger partial charge in [0.25, 0.3) is 10.0 Å². The number of nitrogens with zero attached hydrogens (tertiary/aromatic N) is 1. The minimum atomic E-state index is -3.50. The molecule has 0 aromatic carbocycles. The molecule has 7 heteroatoms. The molecule has 0 saturated heterocycles. The van der Waals surface area contributed by atoms with Crippen molar-refractivity contribution in [2.75, 3.05) is 6.54 Å². The molecule has 5 nitrogen and oxygen atoms in total. The quantitative estimate of drug-likeness (QED) is 0.769. The molecule has 17 heavy (non-hydrogen) atoms. The van der Waals surface area contributed by atoms with E-state index in [2.05, 4.69) is 14.7 Å². The van der Waals surface area contributed by atoms with Gasteiger partial charge in [-0.25, -0.2) is 18.1 Å². The molecule has 1 fully saturated rings. The van der Waals surface area contributed by atoms with E-state index in [-0.39, 0.29) is 16.9 Å². The number of alkyl halides is 1. The highest BCUT2D eigenvalue weighted by atomic mass is 35.5. The van der Waals surface area contributed by atoms with Crippen molar-refractivity contribution in [2.24, 2.45) is 5.92 Å². The van der Waals surface area contributed by atoms with Crippen LogP contribution in [0.5, 0.6) is 0 Å². The largest absolute Gasteiger partial charge is 0.332 e. The van der Waals surface area contributed by atoms with E-state index in [0.717, 1.165) is 12.8 Å². The Kier molecular flexibility index (Phi) is 3.75. The Morgan fingerprint density at radius 3 is 2.88 bits per heavy atom. The van der Waals surface area contributed by atoms with Gasteiger partial charge >= 0.3 is 0 Å². The number of aromatic nitrogens is 2. The van der Waals surface area contributed by atoms with Gasteiger partial charge in [0.15, 0.2) is 5.03 Å². The van der Waals surface area contributed by atoms with Gasteiger partial charge < -0.3 is 4.98 Å². The third-order valence-electron chi connectivity index (χ3n) is 2.83. The highest BCUT2D eigenvalue weighted by Crippen LogP contribution is 2.35. The lowest BCUT2D eigenvalue weighted by atomic mass is 10.3. The number of aromatic amines is 1. The van der Waals surface area contributed by atoms with Crippen molar-refractivity contribution in [3.8, 4) is 0 Å². The molecule has 96 valence electrons. The van der Waals surface area contributed by atoms with Crippen molar-refractivity contribution in [1.82, 2.24) is 14.7 Å². The predicted molar refractivity (Wildman–Crippen MR) is 65.5 cm³/mol. The van der Waals surface area contributed by atoms with E-state index in [1.54, 1.807) is 0 Å². The zero-order chi connectivity index (χ0) is 12.5. The third kappa shape index (κ3) is 3.20. The van der Waals surface area contributed by atoms with Gasteiger partial charge in [-0.1, -0.05) is 6.92 Å². The maximum Gasteiger partial charge on any atom is 0.257 e. The molecule has 0 amide bonds. The molecular formula is C10H16ClN3O2S. The Balaban J connectivity index is 1.97. The van der Waals surface area contributed by atoms with E-state index < -0.39 is 10.0 Å². The van der Waals surface area contributed by atoms with Gasteiger partial charge in [0, 0.05) is 18.3 Å². The number of halogens is 1. The van der Waals surface area contributed by atoms with Crippen molar-refractivity contribution in [2.45, 2.75) is 36.6 Å². The molecule has 1 aromatic rings. The number of hydrogen-bond donors (Lipinski definition) is 2. The number of nitrogens with one attached hydrogen (secondary N) is 2. The number of sulfonamides is 1. The van der Waals surface area contributed by atoms with Gasteiger partial charge in [-0.15, -0.1) is 11.6 Å². The van der Waals surface area contributed by atoms with Crippen LogP contribution in [0.2, 0.25) is 0 Å². The van der Waals surface area contributed by atoms with Gasteiger partial charge in [-0.05, 0) is 18.8 Å². The molecule has 1 aromatic heterocycles. The second-order valence-electron chi connectivity index (χ2n) is 4.25. The van der Waals surface area contributed by atoms with Crippen LogP contribution in [-0.4, -0.2) is 30.3 Å². The van der Waals surface area contributed by atoms with Crippen molar-refractivity contribution < 1.29 is 8.42 Å². The fraction of sp³-hybridized carbons (Fsp3) is 0.700. The van der Waals surface area contributed by atoms with Gasteiger partial charge in [-0.3, -0.25) is 0 Å². The zero-order valence-electron chi connectivity index (χ0n) is 9.61. The lowest BCUT2D eigenvalue weighted by molar-refractivity contribution is 0.573. The van der Waals surface area contributed by atoms with E-state index in [1.165, 1.54) is 6.20 Å². The van der Waals surface area contributed by atoms with Crippen LogP contribution in [-0.2, 0) is 16.4 Å². The fourth-order valence-corrected chi connectivity index (χ4v) is 2.97. The summed E-state index contributed by atoms with van der Waals surface area (Å²) in [5.41, 5.74) is 0. The summed E-state index contributed by atoms with van der Waals surface area (Å²) < 4.78 is 26.2. The minimum absolute atomic E-state index is 0.106. The number of rotatable bonds is 6. The summed E-state index contributed by atoms with van der Waals surface area (Å²) >= 11 is 6.05. The molecule has 2 rings (SSSR count). The van der Waals surface area contributed by atoms with E-state index in [0.29, 0.717) is 18.2 Å². The van der Waals surface area contributed by atoms with Crippen LogP contribution < -0.4 is 4.72 Å².